The van der Waals surface area contributed by atoms with Gasteiger partial charge in [0.1, 0.15) is 5.28 Å². The number of hydrogen-bond acceptors (Lipinski definition) is 7. The van der Waals surface area contributed by atoms with Crippen LogP contribution in [0, 0.1) is 0 Å². The summed E-state index contributed by atoms with van der Waals surface area (Å²) < 4.78 is 41.4. The lowest BCUT2D eigenvalue weighted by molar-refractivity contribution is 0.0707. The van der Waals surface area contributed by atoms with Gasteiger partial charge in [0.2, 0.25) is 0 Å². The highest BCUT2D eigenvalue weighted by atomic mass is 31.2. The summed E-state index contributed by atoms with van der Waals surface area (Å²) in [4.78, 5) is 0. The summed E-state index contributed by atoms with van der Waals surface area (Å²) in [5.41, 5.74) is 0. The molecule has 0 spiro atoms. The van der Waals surface area contributed by atoms with Gasteiger partial charge in [-0.25, -0.2) is 0 Å². The van der Waals surface area contributed by atoms with Crippen LogP contribution in [0.1, 0.15) is 54.9 Å². The third-order valence-corrected chi connectivity index (χ3v) is 9.47. The molecule has 0 radical (unpaired) electrons. The van der Waals surface area contributed by atoms with E-state index in [1.54, 1.807) is 0 Å². The molecule has 0 aromatic carbocycles. The van der Waals surface area contributed by atoms with Gasteiger partial charge in [-0.05, 0) is 61.4 Å². The number of nitrogens with one attached hydrogen (secondary N) is 1. The van der Waals surface area contributed by atoms with Gasteiger partial charge in [-0.3, -0.25) is 4.57 Å². The summed E-state index contributed by atoms with van der Waals surface area (Å²) in [6, 6.07) is 0.708. The Morgan fingerprint density at radius 3 is 1.64 bits per heavy atom. The van der Waals surface area contributed by atoms with Crippen LogP contribution in [0.3, 0.4) is 0 Å². The number of rotatable bonds is 16. The molecule has 0 heterocycles. The van der Waals surface area contributed by atoms with Crippen molar-refractivity contribution >= 4 is 16.4 Å². The quantitative estimate of drug-likeness (QED) is 0.239. The van der Waals surface area contributed by atoms with Gasteiger partial charge in [-0.2, -0.15) is 0 Å². The van der Waals surface area contributed by atoms with Gasteiger partial charge in [0.25, 0.3) is 0 Å². The lowest BCUT2D eigenvalue weighted by atomic mass is 10.3. The van der Waals surface area contributed by atoms with Crippen LogP contribution in [0.25, 0.3) is 0 Å². The summed E-state index contributed by atoms with van der Waals surface area (Å²) in [7, 11) is -5.87. The summed E-state index contributed by atoms with van der Waals surface area (Å²) >= 11 is 0. The fourth-order valence-electron chi connectivity index (χ4n) is 2.50. The Morgan fingerprint density at radius 1 is 0.840 bits per heavy atom. The minimum Gasteiger partial charge on any atom is -0.374 e. The van der Waals surface area contributed by atoms with Crippen molar-refractivity contribution in [2.75, 3.05) is 39.6 Å². The molecule has 0 aliphatic heterocycles. The molecular formula is C16H38NO6PSi. The van der Waals surface area contributed by atoms with Gasteiger partial charge in [-0.15, -0.1) is 0 Å². The average molecular weight is 400 g/mol. The largest absolute Gasteiger partial charge is 0.500 e. The molecule has 25 heavy (non-hydrogen) atoms. The minimum atomic E-state index is -3.23. The van der Waals surface area contributed by atoms with Crippen LogP contribution < -0.4 is 5.32 Å². The first kappa shape index (κ1) is 25.2. The molecule has 1 N–H and O–H groups in total. The van der Waals surface area contributed by atoms with E-state index in [0.29, 0.717) is 45.6 Å². The molecule has 0 unspecified atom stereocenters. The lowest BCUT2D eigenvalue weighted by Crippen LogP contribution is -2.47. The predicted octanol–water partition coefficient (Wildman–Crippen LogP) is 4.02. The fraction of sp³-hybridized carbons (Fsp3) is 1.00. The van der Waals surface area contributed by atoms with Crippen LogP contribution in [0.2, 0.25) is 6.04 Å². The van der Waals surface area contributed by atoms with Crippen molar-refractivity contribution < 1.29 is 26.9 Å². The van der Waals surface area contributed by atoms with E-state index in [1.807, 2.05) is 48.5 Å². The van der Waals surface area contributed by atoms with Gasteiger partial charge >= 0.3 is 16.4 Å². The first-order valence-electron chi connectivity index (χ1n) is 9.32. The molecule has 9 heteroatoms. The van der Waals surface area contributed by atoms with Gasteiger partial charge in [0.05, 0.1) is 13.2 Å². The van der Waals surface area contributed by atoms with Gasteiger partial charge < -0.3 is 27.6 Å². The van der Waals surface area contributed by atoms with Crippen molar-refractivity contribution in [1.82, 2.24) is 5.32 Å². The van der Waals surface area contributed by atoms with Gasteiger partial charge in [0.15, 0.2) is 0 Å². The Balaban J connectivity index is 4.75. The molecule has 0 saturated heterocycles. The van der Waals surface area contributed by atoms with Crippen LogP contribution >= 0.6 is 7.60 Å². The Labute approximate surface area is 155 Å². The second-order valence-electron chi connectivity index (χ2n) is 5.90. The zero-order valence-corrected chi connectivity index (χ0v) is 18.9. The molecule has 7 nitrogen and oxygen atoms in total. The van der Waals surface area contributed by atoms with E-state index in [1.165, 1.54) is 0 Å². The van der Waals surface area contributed by atoms with Crippen LogP contribution in [0.4, 0.5) is 0 Å². The topological polar surface area (TPSA) is 75.3 Å². The molecule has 0 aromatic heterocycles. The van der Waals surface area contributed by atoms with Gasteiger partial charge in [0, 0.05) is 25.9 Å². The maximum absolute atomic E-state index is 13.0. The SMILES string of the molecule is CCO[Si](CCCNC(C)(C)P(=O)(OCC)OCC)(OCC)OCC. The van der Waals surface area contributed by atoms with Crippen molar-refractivity contribution in [2.45, 2.75) is 66.2 Å². The first-order valence-corrected chi connectivity index (χ1v) is 12.8. The molecule has 152 valence electrons. The summed E-state index contributed by atoms with van der Waals surface area (Å²) in [6.45, 7) is 16.2. The first-order chi connectivity index (χ1) is 11.8. The molecule has 0 rings (SSSR count). The third-order valence-electron chi connectivity index (χ3n) is 3.59. The van der Waals surface area contributed by atoms with E-state index in [0.717, 1.165) is 6.42 Å². The van der Waals surface area contributed by atoms with Gasteiger partial charge in [-0.1, -0.05) is 0 Å². The highest BCUT2D eigenvalue weighted by Gasteiger charge is 2.44. The Hall–Kier alpha value is 0.207. The van der Waals surface area contributed by atoms with Crippen LogP contribution in [0.15, 0.2) is 0 Å². The normalized spacial score (nSPS) is 13.4. The maximum atomic E-state index is 13.0. The zero-order chi connectivity index (χ0) is 19.4. The second kappa shape index (κ2) is 12.6. The van der Waals surface area contributed by atoms with Crippen molar-refractivity contribution in [3.05, 3.63) is 0 Å². The van der Waals surface area contributed by atoms with Crippen LogP contribution in [0.5, 0.6) is 0 Å². The summed E-state index contributed by atoms with van der Waals surface area (Å²) in [6.07, 6.45) is 0.786. The standard InChI is InChI=1S/C16H38NO6PSi/c1-8-19-24(18,20-9-2)16(6,7)17-14-13-15-25(21-10-3,22-11-4)23-12-5/h17H,8-15H2,1-7H3. The minimum absolute atomic E-state index is 0.345. The predicted molar refractivity (Wildman–Crippen MR) is 103 cm³/mol. The van der Waals surface area contributed by atoms with Crippen LogP contribution in [-0.2, 0) is 26.9 Å². The molecule has 0 aliphatic carbocycles. The van der Waals surface area contributed by atoms with Crippen LogP contribution in [-0.4, -0.2) is 53.7 Å². The molecule has 0 aromatic rings. The van der Waals surface area contributed by atoms with E-state index >= 15 is 0 Å². The third kappa shape index (κ3) is 8.18. The van der Waals surface area contributed by atoms with E-state index in [4.69, 9.17) is 22.3 Å². The van der Waals surface area contributed by atoms with Crippen molar-refractivity contribution in [2.24, 2.45) is 0 Å². The summed E-state index contributed by atoms with van der Waals surface area (Å²) in [5, 5.41) is 2.54. The average Bonchev–Trinajstić information content (AvgIpc) is 2.53. The molecule has 0 amide bonds. The Morgan fingerprint density at radius 2 is 1.28 bits per heavy atom. The van der Waals surface area contributed by atoms with E-state index in [-0.39, 0.29) is 0 Å². The monoisotopic (exact) mass is 399 g/mol. The highest BCUT2D eigenvalue weighted by molar-refractivity contribution is 7.55. The molecule has 0 atom stereocenters. The van der Waals surface area contributed by atoms with Crippen molar-refractivity contribution in [1.29, 1.82) is 0 Å². The highest BCUT2D eigenvalue weighted by Crippen LogP contribution is 2.58. The molecule has 0 saturated carbocycles. The molecule has 0 aliphatic rings. The van der Waals surface area contributed by atoms with E-state index in [2.05, 4.69) is 5.32 Å². The molecule has 0 fully saturated rings. The molecular weight excluding hydrogens is 361 g/mol. The molecule has 0 bridgehead atoms. The lowest BCUT2D eigenvalue weighted by Gasteiger charge is -2.34. The number of hydrogen-bond donors (Lipinski definition) is 1. The fourth-order valence-corrected chi connectivity index (χ4v) is 6.81. The summed E-state index contributed by atoms with van der Waals surface area (Å²) in [5.74, 6) is 0. The van der Waals surface area contributed by atoms with Crippen molar-refractivity contribution in [3.8, 4) is 0 Å². The van der Waals surface area contributed by atoms with E-state index < -0.39 is 21.7 Å². The zero-order valence-electron chi connectivity index (χ0n) is 17.1. The van der Waals surface area contributed by atoms with Crippen molar-refractivity contribution in [3.63, 3.8) is 0 Å². The maximum Gasteiger partial charge on any atom is 0.500 e. The second-order valence-corrected chi connectivity index (χ2v) is 11.3. The van der Waals surface area contributed by atoms with E-state index in [9.17, 15) is 4.57 Å². The Bertz CT molecular complexity index is 370. The smallest absolute Gasteiger partial charge is 0.374 e. The Kier molecular flexibility index (Phi) is 12.7.